The number of aromatic nitrogens is 2. The maximum atomic E-state index is 8.40. The Morgan fingerprint density at radius 1 is 1.58 bits per heavy atom. The van der Waals surface area contributed by atoms with E-state index in [0.29, 0.717) is 0 Å². The molecule has 7 heteroatoms. The highest BCUT2D eigenvalue weighted by Crippen LogP contribution is 2.12. The van der Waals surface area contributed by atoms with Gasteiger partial charge in [0.05, 0.1) is 17.1 Å². The van der Waals surface area contributed by atoms with Crippen molar-refractivity contribution in [2.45, 2.75) is 19.6 Å². The Balaban J connectivity index is 2.37. The molecule has 0 bridgehead atoms. The molecule has 19 heavy (non-hydrogen) atoms. The molecule has 0 aliphatic rings. The molecular formula is C12H18N6S. The van der Waals surface area contributed by atoms with Crippen LogP contribution in [0.15, 0.2) is 11.2 Å². The first-order valence-electron chi connectivity index (χ1n) is 5.85. The van der Waals surface area contributed by atoms with Crippen LogP contribution in [0.2, 0.25) is 0 Å². The summed E-state index contributed by atoms with van der Waals surface area (Å²) >= 11 is 1.76. The normalized spacial score (nSPS) is 11.2. The first-order valence-corrected chi connectivity index (χ1v) is 7.00. The van der Waals surface area contributed by atoms with Crippen molar-refractivity contribution in [1.82, 2.24) is 14.9 Å². The smallest absolute Gasteiger partial charge is 0.209 e. The van der Waals surface area contributed by atoms with E-state index >= 15 is 0 Å². The highest BCUT2D eigenvalue weighted by molar-refractivity contribution is 7.98. The molecular weight excluding hydrogens is 260 g/mol. The van der Waals surface area contributed by atoms with E-state index < -0.39 is 0 Å². The van der Waals surface area contributed by atoms with Crippen LogP contribution in [0.1, 0.15) is 17.1 Å². The van der Waals surface area contributed by atoms with Crippen molar-refractivity contribution in [2.24, 2.45) is 10.7 Å². The van der Waals surface area contributed by atoms with E-state index in [-0.39, 0.29) is 5.96 Å². The first kappa shape index (κ1) is 15.2. The summed E-state index contributed by atoms with van der Waals surface area (Å²) in [6.45, 7) is 4.64. The molecule has 0 atom stereocenters. The Morgan fingerprint density at radius 2 is 2.32 bits per heavy atom. The summed E-state index contributed by atoms with van der Waals surface area (Å²) in [5, 5.41) is 8.40. The predicted octanol–water partition coefficient (Wildman–Crippen LogP) is 1.05. The van der Waals surface area contributed by atoms with Crippen molar-refractivity contribution in [2.75, 3.05) is 19.3 Å². The topological polar surface area (TPSA) is 91.2 Å². The molecule has 6 nitrogen and oxygen atoms in total. The number of thioether (sulfide) groups is 1. The zero-order chi connectivity index (χ0) is 14.3. The fraction of sp³-hybridized carbons (Fsp3) is 0.500. The van der Waals surface area contributed by atoms with Gasteiger partial charge in [-0.25, -0.2) is 0 Å². The standard InChI is InChI=1S/C12H18N6S/c1-9-6-15-10(2)11(17-9)7-19-5-4-18(3)12(14)16-8-13/h6H,4-5,7H2,1-3H3,(H2,14,16). The Labute approximate surface area is 117 Å². The van der Waals surface area contributed by atoms with Crippen LogP contribution in [0.3, 0.4) is 0 Å². The Kier molecular flexibility index (Phi) is 6.09. The maximum Gasteiger partial charge on any atom is 0.209 e. The van der Waals surface area contributed by atoms with Crippen LogP contribution in [-0.2, 0) is 5.75 Å². The molecule has 1 aromatic rings. The highest BCUT2D eigenvalue weighted by Gasteiger charge is 2.04. The van der Waals surface area contributed by atoms with Gasteiger partial charge >= 0.3 is 0 Å². The number of guanidine groups is 1. The quantitative estimate of drug-likeness (QED) is 0.375. The first-order chi connectivity index (χ1) is 9.04. The van der Waals surface area contributed by atoms with Gasteiger partial charge in [0.1, 0.15) is 0 Å². The zero-order valence-electron chi connectivity index (χ0n) is 11.4. The molecule has 0 saturated carbocycles. The third-order valence-corrected chi connectivity index (χ3v) is 3.49. The van der Waals surface area contributed by atoms with E-state index in [0.717, 1.165) is 35.1 Å². The molecule has 2 N–H and O–H groups in total. The molecule has 102 valence electrons. The zero-order valence-corrected chi connectivity index (χ0v) is 12.2. The van der Waals surface area contributed by atoms with Crippen molar-refractivity contribution in [3.63, 3.8) is 0 Å². The summed E-state index contributed by atoms with van der Waals surface area (Å²) in [4.78, 5) is 14.0. The van der Waals surface area contributed by atoms with E-state index in [1.54, 1.807) is 29.1 Å². The molecule has 1 rings (SSSR count). The van der Waals surface area contributed by atoms with Gasteiger partial charge in [-0.2, -0.15) is 17.0 Å². The van der Waals surface area contributed by atoms with Gasteiger partial charge in [0.25, 0.3) is 0 Å². The summed E-state index contributed by atoms with van der Waals surface area (Å²) < 4.78 is 0. The van der Waals surface area contributed by atoms with Crippen LogP contribution in [0.25, 0.3) is 0 Å². The van der Waals surface area contributed by atoms with Crippen molar-refractivity contribution in [3.05, 3.63) is 23.3 Å². The van der Waals surface area contributed by atoms with Gasteiger partial charge in [0.15, 0.2) is 0 Å². The minimum absolute atomic E-state index is 0.245. The Bertz CT molecular complexity index is 493. The molecule has 0 unspecified atom stereocenters. The number of aliphatic imine (C=N–C) groups is 1. The van der Waals surface area contributed by atoms with E-state index in [2.05, 4.69) is 15.0 Å². The monoisotopic (exact) mass is 278 g/mol. The molecule has 1 heterocycles. The maximum absolute atomic E-state index is 8.40. The summed E-state index contributed by atoms with van der Waals surface area (Å²) in [6.07, 6.45) is 3.45. The summed E-state index contributed by atoms with van der Waals surface area (Å²) in [6, 6.07) is 0. The summed E-state index contributed by atoms with van der Waals surface area (Å²) in [5.41, 5.74) is 8.51. The molecule has 0 amide bonds. The lowest BCUT2D eigenvalue weighted by Gasteiger charge is -2.16. The van der Waals surface area contributed by atoms with Gasteiger partial charge in [-0.1, -0.05) is 0 Å². The minimum Gasteiger partial charge on any atom is -0.369 e. The average Bonchev–Trinajstić information content (AvgIpc) is 2.38. The molecule has 0 aliphatic carbocycles. The molecule has 0 aromatic carbocycles. The number of hydrogen-bond donors (Lipinski definition) is 1. The summed E-state index contributed by atoms with van der Waals surface area (Å²) in [5.74, 6) is 1.95. The number of hydrogen-bond acceptors (Lipinski definition) is 5. The van der Waals surface area contributed by atoms with Crippen molar-refractivity contribution < 1.29 is 0 Å². The fourth-order valence-corrected chi connectivity index (χ4v) is 2.36. The van der Waals surface area contributed by atoms with Crippen molar-refractivity contribution in [3.8, 4) is 6.19 Å². The van der Waals surface area contributed by atoms with Crippen molar-refractivity contribution in [1.29, 1.82) is 5.26 Å². The largest absolute Gasteiger partial charge is 0.369 e. The van der Waals surface area contributed by atoms with E-state index in [4.69, 9.17) is 11.0 Å². The number of rotatable bonds is 5. The van der Waals surface area contributed by atoms with Gasteiger partial charge < -0.3 is 10.6 Å². The molecule has 0 radical (unpaired) electrons. The highest BCUT2D eigenvalue weighted by atomic mass is 32.2. The lowest BCUT2D eigenvalue weighted by Crippen LogP contribution is -2.35. The second-order valence-corrected chi connectivity index (χ2v) is 5.19. The minimum atomic E-state index is 0.245. The lowest BCUT2D eigenvalue weighted by molar-refractivity contribution is 0.534. The van der Waals surface area contributed by atoms with E-state index in [9.17, 15) is 0 Å². The van der Waals surface area contributed by atoms with Gasteiger partial charge in [0, 0.05) is 31.3 Å². The molecule has 0 aliphatic heterocycles. The second kappa shape index (κ2) is 7.59. The third-order valence-electron chi connectivity index (χ3n) is 2.54. The van der Waals surface area contributed by atoms with Crippen molar-refractivity contribution >= 4 is 17.7 Å². The van der Waals surface area contributed by atoms with E-state index in [1.807, 2.05) is 20.9 Å². The number of nitrogens with zero attached hydrogens (tertiary/aromatic N) is 5. The van der Waals surface area contributed by atoms with Crippen LogP contribution < -0.4 is 5.73 Å². The average molecular weight is 278 g/mol. The van der Waals surface area contributed by atoms with Crippen LogP contribution >= 0.6 is 11.8 Å². The van der Waals surface area contributed by atoms with E-state index in [1.165, 1.54) is 0 Å². The van der Waals surface area contributed by atoms with Crippen LogP contribution in [0.4, 0.5) is 0 Å². The number of aryl methyl sites for hydroxylation is 2. The van der Waals surface area contributed by atoms with Crippen LogP contribution in [-0.4, -0.2) is 40.2 Å². The van der Waals surface area contributed by atoms with Gasteiger partial charge in [-0.05, 0) is 13.8 Å². The molecule has 0 spiro atoms. The molecule has 0 saturated heterocycles. The second-order valence-electron chi connectivity index (χ2n) is 4.09. The Morgan fingerprint density at radius 3 is 3.00 bits per heavy atom. The molecule has 1 aromatic heterocycles. The van der Waals surface area contributed by atoms with Gasteiger partial charge in [0.2, 0.25) is 12.2 Å². The number of nitrogens with two attached hydrogens (primary N) is 1. The predicted molar refractivity (Wildman–Crippen MR) is 77.5 cm³/mol. The van der Waals surface area contributed by atoms with Gasteiger partial charge in [-0.15, -0.1) is 4.99 Å². The van der Waals surface area contributed by atoms with Crippen LogP contribution in [0, 0.1) is 25.3 Å². The lowest BCUT2D eigenvalue weighted by atomic mass is 10.3. The molecule has 0 fully saturated rings. The fourth-order valence-electron chi connectivity index (χ4n) is 1.35. The third kappa shape index (κ3) is 5.14. The van der Waals surface area contributed by atoms with Gasteiger partial charge in [-0.3, -0.25) is 9.97 Å². The Hall–Kier alpha value is -1.81. The summed E-state index contributed by atoms with van der Waals surface area (Å²) in [7, 11) is 1.81. The van der Waals surface area contributed by atoms with Crippen LogP contribution in [0.5, 0.6) is 0 Å². The SMILES string of the molecule is Cc1cnc(C)c(CSCCN(C)C(N)=NC#N)n1. The number of nitriles is 1.